The van der Waals surface area contributed by atoms with Crippen molar-refractivity contribution >= 4 is 5.91 Å². The molecule has 138 valence electrons. The molecule has 0 bridgehead atoms. The lowest BCUT2D eigenvalue weighted by molar-refractivity contribution is -0.136. The summed E-state index contributed by atoms with van der Waals surface area (Å²) in [5.74, 6) is 2.52. The largest absolute Gasteiger partial charge is 0.490 e. The monoisotopic (exact) mass is 346 g/mol. The van der Waals surface area contributed by atoms with Gasteiger partial charge in [0.2, 0.25) is 5.91 Å². The number of ether oxygens (including phenoxy) is 2. The highest BCUT2D eigenvalue weighted by atomic mass is 16.5. The zero-order valence-electron chi connectivity index (χ0n) is 15.6. The first-order valence-corrected chi connectivity index (χ1v) is 9.46. The van der Waals surface area contributed by atoms with Gasteiger partial charge in [-0.2, -0.15) is 0 Å². The van der Waals surface area contributed by atoms with E-state index in [1.807, 2.05) is 30.9 Å². The van der Waals surface area contributed by atoms with E-state index < -0.39 is 0 Å². The molecule has 2 heterocycles. The predicted octanol–water partition coefficient (Wildman–Crippen LogP) is 2.83. The molecule has 3 rings (SSSR count). The second-order valence-corrected chi connectivity index (χ2v) is 7.49. The van der Waals surface area contributed by atoms with E-state index in [1.165, 1.54) is 0 Å². The molecular weight excluding hydrogens is 316 g/mol. The molecular formula is C20H30N2O3. The van der Waals surface area contributed by atoms with E-state index in [2.05, 4.69) is 18.3 Å². The summed E-state index contributed by atoms with van der Waals surface area (Å²) in [6, 6.07) is 6.52. The summed E-state index contributed by atoms with van der Waals surface area (Å²) in [4.78, 5) is 14.2. The van der Waals surface area contributed by atoms with Crippen LogP contribution in [0.2, 0.25) is 0 Å². The van der Waals surface area contributed by atoms with Gasteiger partial charge in [0, 0.05) is 43.6 Å². The van der Waals surface area contributed by atoms with Gasteiger partial charge in [-0.1, -0.05) is 32.9 Å². The smallest absolute Gasteiger partial charge is 0.225 e. The second kappa shape index (κ2) is 8.09. The van der Waals surface area contributed by atoms with Crippen LogP contribution in [0, 0.1) is 11.8 Å². The van der Waals surface area contributed by atoms with E-state index in [0.29, 0.717) is 25.2 Å². The molecule has 5 heteroatoms. The Balaban J connectivity index is 1.59. The van der Waals surface area contributed by atoms with E-state index >= 15 is 0 Å². The number of hydrogen-bond acceptors (Lipinski definition) is 4. The van der Waals surface area contributed by atoms with Crippen LogP contribution in [0.4, 0.5) is 0 Å². The number of rotatable bonds is 4. The normalized spacial score (nSPS) is 23.4. The molecule has 2 unspecified atom stereocenters. The zero-order chi connectivity index (χ0) is 17.8. The van der Waals surface area contributed by atoms with Crippen molar-refractivity contribution in [2.75, 3.05) is 26.3 Å². The number of fused-ring (bicyclic) bond motifs is 1. The number of piperidine rings is 1. The van der Waals surface area contributed by atoms with Crippen LogP contribution in [0.15, 0.2) is 18.2 Å². The van der Waals surface area contributed by atoms with Crippen LogP contribution < -0.4 is 14.8 Å². The topological polar surface area (TPSA) is 50.8 Å². The molecule has 1 N–H and O–H groups in total. The summed E-state index contributed by atoms with van der Waals surface area (Å²) in [6.45, 7) is 10.0. The highest BCUT2D eigenvalue weighted by molar-refractivity contribution is 5.78. The first kappa shape index (κ1) is 18.1. The van der Waals surface area contributed by atoms with Gasteiger partial charge in [-0.05, 0) is 18.4 Å². The number of likely N-dealkylation sites (tertiary alicyclic amines) is 1. The Morgan fingerprint density at radius 1 is 1.32 bits per heavy atom. The molecule has 1 fully saturated rings. The quantitative estimate of drug-likeness (QED) is 0.911. The number of hydrogen-bond donors (Lipinski definition) is 1. The van der Waals surface area contributed by atoms with Crippen molar-refractivity contribution in [1.29, 1.82) is 0 Å². The van der Waals surface area contributed by atoms with Crippen LogP contribution in [0.3, 0.4) is 0 Å². The van der Waals surface area contributed by atoms with Gasteiger partial charge in [0.05, 0.1) is 13.2 Å². The molecule has 1 saturated heterocycles. The molecule has 0 radical (unpaired) electrons. The average molecular weight is 346 g/mol. The summed E-state index contributed by atoms with van der Waals surface area (Å²) in [7, 11) is 0. The lowest BCUT2D eigenvalue weighted by atomic mass is 9.92. The minimum absolute atomic E-state index is 0.0774. The first-order chi connectivity index (χ1) is 12.1. The van der Waals surface area contributed by atoms with Crippen molar-refractivity contribution < 1.29 is 14.3 Å². The van der Waals surface area contributed by atoms with Crippen LogP contribution in [0.25, 0.3) is 0 Å². The Morgan fingerprint density at radius 2 is 2.12 bits per heavy atom. The summed E-state index contributed by atoms with van der Waals surface area (Å²) >= 11 is 0. The standard InChI is InChI=1S/C20H30N2O3/c1-14(2)20(23)22-9-8-17(15(3)13-22)21-12-16-6-4-7-18-19(16)25-11-5-10-24-18/h4,6-7,14-15,17,21H,5,8-13H2,1-3H3. The first-order valence-electron chi connectivity index (χ1n) is 9.46. The molecule has 25 heavy (non-hydrogen) atoms. The third kappa shape index (κ3) is 4.27. The number of nitrogens with one attached hydrogen (secondary N) is 1. The van der Waals surface area contributed by atoms with Crippen molar-refractivity contribution in [3.05, 3.63) is 23.8 Å². The van der Waals surface area contributed by atoms with E-state index in [9.17, 15) is 4.79 Å². The van der Waals surface area contributed by atoms with Gasteiger partial charge in [-0.3, -0.25) is 4.79 Å². The molecule has 0 aromatic heterocycles. The highest BCUT2D eigenvalue weighted by Crippen LogP contribution is 2.33. The van der Waals surface area contributed by atoms with Gasteiger partial charge in [0.15, 0.2) is 11.5 Å². The molecule has 0 saturated carbocycles. The molecule has 1 aromatic rings. The highest BCUT2D eigenvalue weighted by Gasteiger charge is 2.29. The van der Waals surface area contributed by atoms with Crippen LogP contribution in [0.1, 0.15) is 39.2 Å². The third-order valence-corrected chi connectivity index (χ3v) is 5.12. The number of carbonyl (C=O) groups excluding carboxylic acids is 1. The summed E-state index contributed by atoms with van der Waals surface area (Å²) in [5, 5.41) is 3.67. The molecule has 5 nitrogen and oxygen atoms in total. The molecule has 0 spiro atoms. The van der Waals surface area contributed by atoms with Gasteiger partial charge in [0.1, 0.15) is 0 Å². The lowest BCUT2D eigenvalue weighted by Gasteiger charge is -2.38. The Bertz CT molecular complexity index is 603. The van der Waals surface area contributed by atoms with Crippen LogP contribution in [0.5, 0.6) is 11.5 Å². The van der Waals surface area contributed by atoms with E-state index in [4.69, 9.17) is 9.47 Å². The van der Waals surface area contributed by atoms with Gasteiger partial charge in [-0.25, -0.2) is 0 Å². The number of amides is 1. The van der Waals surface area contributed by atoms with Gasteiger partial charge in [-0.15, -0.1) is 0 Å². The third-order valence-electron chi connectivity index (χ3n) is 5.12. The van der Waals surface area contributed by atoms with Crippen molar-refractivity contribution in [2.24, 2.45) is 11.8 Å². The minimum atomic E-state index is 0.0774. The fraction of sp³-hybridized carbons (Fsp3) is 0.650. The molecule has 2 aliphatic rings. The summed E-state index contributed by atoms with van der Waals surface area (Å²) in [6.07, 6.45) is 1.91. The van der Waals surface area contributed by atoms with Crippen LogP contribution >= 0.6 is 0 Å². The Morgan fingerprint density at radius 3 is 2.88 bits per heavy atom. The molecule has 1 aromatic carbocycles. The van der Waals surface area contributed by atoms with Gasteiger partial charge < -0.3 is 19.7 Å². The Hall–Kier alpha value is -1.75. The summed E-state index contributed by atoms with van der Waals surface area (Å²) < 4.78 is 11.7. The van der Waals surface area contributed by atoms with Crippen molar-refractivity contribution in [1.82, 2.24) is 10.2 Å². The fourth-order valence-corrected chi connectivity index (χ4v) is 3.65. The van der Waals surface area contributed by atoms with E-state index in [1.54, 1.807) is 0 Å². The van der Waals surface area contributed by atoms with Gasteiger partial charge >= 0.3 is 0 Å². The maximum absolute atomic E-state index is 12.2. The van der Waals surface area contributed by atoms with Crippen LogP contribution in [-0.4, -0.2) is 43.2 Å². The Kier molecular flexibility index (Phi) is 5.84. The van der Waals surface area contributed by atoms with Crippen LogP contribution in [-0.2, 0) is 11.3 Å². The average Bonchev–Trinajstić information content (AvgIpc) is 2.85. The SMILES string of the molecule is CC(C)C(=O)N1CCC(NCc2cccc3c2OCCCO3)C(C)C1. The maximum Gasteiger partial charge on any atom is 0.225 e. The van der Waals surface area contributed by atoms with E-state index in [0.717, 1.165) is 49.5 Å². The number of nitrogens with zero attached hydrogens (tertiary/aromatic N) is 1. The predicted molar refractivity (Wildman–Crippen MR) is 97.9 cm³/mol. The molecule has 2 aliphatic heterocycles. The van der Waals surface area contributed by atoms with Crippen molar-refractivity contribution in [3.63, 3.8) is 0 Å². The Labute approximate surface area is 150 Å². The van der Waals surface area contributed by atoms with Gasteiger partial charge in [0.25, 0.3) is 0 Å². The van der Waals surface area contributed by atoms with Crippen molar-refractivity contribution in [2.45, 2.75) is 46.2 Å². The number of para-hydroxylation sites is 1. The number of carbonyl (C=O) groups is 1. The van der Waals surface area contributed by atoms with Crippen molar-refractivity contribution in [3.8, 4) is 11.5 Å². The number of benzene rings is 1. The lowest BCUT2D eigenvalue weighted by Crippen LogP contribution is -2.50. The molecule has 1 amide bonds. The fourth-order valence-electron chi connectivity index (χ4n) is 3.65. The zero-order valence-corrected chi connectivity index (χ0v) is 15.6. The second-order valence-electron chi connectivity index (χ2n) is 7.49. The molecule has 2 atom stereocenters. The minimum Gasteiger partial charge on any atom is -0.490 e. The molecule has 0 aliphatic carbocycles. The van der Waals surface area contributed by atoms with E-state index in [-0.39, 0.29) is 11.8 Å². The summed E-state index contributed by atoms with van der Waals surface area (Å²) in [5.41, 5.74) is 1.15. The maximum atomic E-state index is 12.2.